The number of para-hydroxylation sites is 2. The van der Waals surface area contributed by atoms with Gasteiger partial charge in [0.15, 0.2) is 0 Å². The summed E-state index contributed by atoms with van der Waals surface area (Å²) in [6, 6.07) is 59.0. The molecule has 0 N–H and O–H groups in total. The maximum atomic E-state index is 6.58. The Bertz CT molecular complexity index is 3040. The number of pyridine rings is 3. The molecule has 58 heavy (non-hydrogen) atoms. The van der Waals surface area contributed by atoms with Crippen molar-refractivity contribution in [3.63, 3.8) is 0 Å². The Hall–Kier alpha value is -7.08. The van der Waals surface area contributed by atoms with Gasteiger partial charge in [-0.3, -0.25) is 9.97 Å². The Morgan fingerprint density at radius 3 is 2.00 bits per heavy atom. The average Bonchev–Trinajstić information content (AvgIpc) is 3.83. The summed E-state index contributed by atoms with van der Waals surface area (Å²) >= 11 is 0. The van der Waals surface area contributed by atoms with E-state index in [9.17, 15) is 0 Å². The van der Waals surface area contributed by atoms with Gasteiger partial charge in [0.25, 0.3) is 0 Å². The maximum absolute atomic E-state index is 6.58. The maximum Gasteiger partial charge on any atom is 0.135 e. The standard InChI is InChI=1S/C50H31N6O.Pt/c1-2-16-40-34(11-1)22-25-46-50(40)55(49-41(35-12-9-26-51-31-35)18-8-19-42(49)36-13-10-27-52-32-36)33-54(46)37-14-7-15-38(29-37)57-39-23-24-44-43-17-3-4-20-45(43)56(47(44)30-39)48-21-5-6-28-53-48;/h1-28,31-33H;/q-3;. The molecular formula is C50H31N6OPt-3. The first-order valence-corrected chi connectivity index (χ1v) is 18.7. The number of aromatic nitrogens is 4. The molecule has 0 spiro atoms. The van der Waals surface area contributed by atoms with Crippen molar-refractivity contribution in [3.05, 3.63) is 201 Å². The molecule has 11 rings (SSSR count). The zero-order chi connectivity index (χ0) is 37.7. The molecule has 1 aliphatic heterocycles. The third-order valence-corrected chi connectivity index (χ3v) is 10.5. The molecule has 0 radical (unpaired) electrons. The van der Waals surface area contributed by atoms with Gasteiger partial charge in [0.2, 0.25) is 0 Å². The molecule has 0 atom stereocenters. The van der Waals surface area contributed by atoms with E-state index in [2.05, 4.69) is 145 Å². The number of anilines is 4. The van der Waals surface area contributed by atoms with E-state index >= 15 is 0 Å². The summed E-state index contributed by atoms with van der Waals surface area (Å²) in [7, 11) is 0. The van der Waals surface area contributed by atoms with Gasteiger partial charge in [0.1, 0.15) is 5.82 Å². The molecule has 0 aliphatic carbocycles. The van der Waals surface area contributed by atoms with Gasteiger partial charge in [-0.15, -0.1) is 48.1 Å². The van der Waals surface area contributed by atoms with Crippen LogP contribution >= 0.6 is 0 Å². The number of fused-ring (bicyclic) bond motifs is 6. The van der Waals surface area contributed by atoms with Crippen molar-refractivity contribution in [3.8, 4) is 39.6 Å². The minimum atomic E-state index is 0. The summed E-state index contributed by atoms with van der Waals surface area (Å²) in [5.74, 6) is 1.98. The molecule has 1 aliphatic rings. The smallest absolute Gasteiger partial charge is 0.135 e. The van der Waals surface area contributed by atoms with Crippen LogP contribution in [0.2, 0.25) is 0 Å². The van der Waals surface area contributed by atoms with Crippen LogP contribution in [0.4, 0.5) is 22.7 Å². The van der Waals surface area contributed by atoms with Gasteiger partial charge in [-0.1, -0.05) is 90.4 Å². The van der Waals surface area contributed by atoms with Gasteiger partial charge in [0.05, 0.1) is 0 Å². The normalized spacial score (nSPS) is 12.2. The van der Waals surface area contributed by atoms with Crippen LogP contribution in [-0.4, -0.2) is 19.5 Å². The van der Waals surface area contributed by atoms with Crippen molar-refractivity contribution in [2.75, 3.05) is 9.80 Å². The van der Waals surface area contributed by atoms with Crippen LogP contribution in [0.5, 0.6) is 11.5 Å². The zero-order valence-corrected chi connectivity index (χ0v) is 33.1. The van der Waals surface area contributed by atoms with Crippen molar-refractivity contribution < 1.29 is 25.8 Å². The molecule has 10 aromatic rings. The van der Waals surface area contributed by atoms with Crippen molar-refractivity contribution in [1.82, 2.24) is 19.5 Å². The number of benzene rings is 6. The third kappa shape index (κ3) is 5.99. The fourth-order valence-electron chi connectivity index (χ4n) is 8.01. The van der Waals surface area contributed by atoms with Gasteiger partial charge in [-0.25, -0.2) is 4.98 Å². The van der Waals surface area contributed by atoms with Gasteiger partial charge in [-0.05, 0) is 47.2 Å². The van der Waals surface area contributed by atoms with Crippen LogP contribution in [0.25, 0.3) is 60.6 Å². The van der Waals surface area contributed by atoms with Crippen LogP contribution in [0, 0.1) is 18.8 Å². The SMILES string of the molecule is [Pt].[c-]1c(Oc2[c-]c3c(cc2)c2ccccc2n3-c2ccccn2)cccc1N1[CH-]N(c2c(-c3cccnc3)cccc2-c2cccnc2)c2c1ccc1ccccc21. The van der Waals surface area contributed by atoms with E-state index in [0.717, 1.165) is 83.4 Å². The number of hydrogen-bond acceptors (Lipinski definition) is 6. The zero-order valence-electron chi connectivity index (χ0n) is 30.8. The van der Waals surface area contributed by atoms with Gasteiger partial charge >= 0.3 is 0 Å². The Labute approximate surface area is 349 Å². The van der Waals surface area contributed by atoms with E-state index in [-0.39, 0.29) is 21.1 Å². The molecule has 8 heteroatoms. The molecule has 0 saturated carbocycles. The number of ether oxygens (including phenoxy) is 1. The van der Waals surface area contributed by atoms with E-state index in [0.29, 0.717) is 11.5 Å². The first kappa shape index (κ1) is 35.3. The predicted octanol–water partition coefficient (Wildman–Crippen LogP) is 12.3. The Morgan fingerprint density at radius 2 is 1.24 bits per heavy atom. The average molecular weight is 927 g/mol. The largest absolute Gasteiger partial charge is 0.509 e. The van der Waals surface area contributed by atoms with Crippen molar-refractivity contribution in [2.45, 2.75) is 0 Å². The minimum absolute atomic E-state index is 0. The van der Waals surface area contributed by atoms with Crippen LogP contribution < -0.4 is 14.5 Å². The Balaban J connectivity index is 0.00000408. The second-order valence-corrected chi connectivity index (χ2v) is 13.8. The quantitative estimate of drug-likeness (QED) is 0.148. The fraction of sp³-hybridized carbons (Fsp3) is 0. The minimum Gasteiger partial charge on any atom is -0.509 e. The van der Waals surface area contributed by atoms with E-state index < -0.39 is 0 Å². The number of rotatable bonds is 7. The topological polar surface area (TPSA) is 59.3 Å². The third-order valence-electron chi connectivity index (χ3n) is 10.5. The number of nitrogens with zero attached hydrogens (tertiary/aromatic N) is 6. The van der Waals surface area contributed by atoms with Gasteiger partial charge in [-0.2, -0.15) is 12.1 Å². The summed E-state index contributed by atoms with van der Waals surface area (Å²) in [5.41, 5.74) is 10.0. The molecule has 4 aromatic heterocycles. The van der Waals surface area contributed by atoms with E-state index in [1.165, 1.54) is 0 Å². The first-order chi connectivity index (χ1) is 28.3. The molecule has 6 aromatic carbocycles. The van der Waals surface area contributed by atoms with Crippen LogP contribution in [-0.2, 0) is 21.1 Å². The number of hydrogen-bond donors (Lipinski definition) is 0. The van der Waals surface area contributed by atoms with Gasteiger partial charge in [0, 0.05) is 114 Å². The summed E-state index contributed by atoms with van der Waals surface area (Å²) in [5, 5.41) is 4.49. The second-order valence-electron chi connectivity index (χ2n) is 13.8. The fourth-order valence-corrected chi connectivity index (χ4v) is 8.01. The molecule has 0 fully saturated rings. The molecular weight excluding hydrogens is 896 g/mol. The predicted molar refractivity (Wildman–Crippen MR) is 228 cm³/mol. The molecule has 280 valence electrons. The van der Waals surface area contributed by atoms with E-state index in [4.69, 9.17) is 4.74 Å². The Morgan fingerprint density at radius 1 is 0.517 bits per heavy atom. The van der Waals surface area contributed by atoms with E-state index in [1.54, 1.807) is 0 Å². The summed E-state index contributed by atoms with van der Waals surface area (Å²) in [6.45, 7) is 2.16. The molecule has 0 bridgehead atoms. The van der Waals surface area contributed by atoms with Crippen molar-refractivity contribution >= 4 is 55.3 Å². The molecule has 0 amide bonds. The van der Waals surface area contributed by atoms with E-state index in [1.807, 2.05) is 85.6 Å². The molecule has 0 saturated heterocycles. The van der Waals surface area contributed by atoms with Crippen LogP contribution in [0.1, 0.15) is 0 Å². The molecule has 7 nitrogen and oxygen atoms in total. The summed E-state index contributed by atoms with van der Waals surface area (Å²) < 4.78 is 8.72. The summed E-state index contributed by atoms with van der Waals surface area (Å²) in [4.78, 5) is 18.2. The molecule has 5 heterocycles. The Kier molecular flexibility index (Phi) is 9.00. The van der Waals surface area contributed by atoms with Crippen molar-refractivity contribution in [2.24, 2.45) is 0 Å². The van der Waals surface area contributed by atoms with Crippen LogP contribution in [0.3, 0.4) is 0 Å². The first-order valence-electron chi connectivity index (χ1n) is 18.7. The van der Waals surface area contributed by atoms with Crippen molar-refractivity contribution in [1.29, 1.82) is 0 Å². The summed E-state index contributed by atoms with van der Waals surface area (Å²) in [6.07, 6.45) is 9.26. The van der Waals surface area contributed by atoms with Crippen LogP contribution in [0.15, 0.2) is 183 Å². The monoisotopic (exact) mass is 926 g/mol. The van der Waals surface area contributed by atoms with Gasteiger partial charge < -0.3 is 19.1 Å². The molecule has 0 unspecified atom stereocenters. The second kappa shape index (κ2) is 14.8.